The summed E-state index contributed by atoms with van der Waals surface area (Å²) < 4.78 is 70.6. The highest BCUT2D eigenvalue weighted by Gasteiger charge is 2.23. The lowest BCUT2D eigenvalue weighted by atomic mass is 10.0. The third-order valence-electron chi connectivity index (χ3n) is 5.54. The molecule has 0 spiro atoms. The van der Waals surface area contributed by atoms with Gasteiger partial charge in [0.1, 0.15) is 35.3 Å². The Labute approximate surface area is 254 Å². The molecule has 0 radical (unpaired) electrons. The SMILES string of the molecule is CC(C)(C)OC(=O)Cc1c(F)ccc(CC(=O)OCc2ccccc2)c1F.CC(C)(C)OC(=O)Cc1c(F)ccc(N)c1F. The van der Waals surface area contributed by atoms with Gasteiger partial charge in [-0.2, -0.15) is 0 Å². The van der Waals surface area contributed by atoms with Crippen molar-refractivity contribution in [3.63, 3.8) is 0 Å². The highest BCUT2D eigenvalue weighted by molar-refractivity contribution is 5.75. The second kappa shape index (κ2) is 15.4. The van der Waals surface area contributed by atoms with Crippen LogP contribution in [0.3, 0.4) is 0 Å². The van der Waals surface area contributed by atoms with Crippen LogP contribution in [0.1, 0.15) is 63.8 Å². The molecule has 0 aliphatic carbocycles. The van der Waals surface area contributed by atoms with Crippen LogP contribution >= 0.6 is 0 Å². The van der Waals surface area contributed by atoms with Crippen LogP contribution in [0.4, 0.5) is 23.2 Å². The summed E-state index contributed by atoms with van der Waals surface area (Å²) in [6.07, 6.45) is -1.39. The summed E-state index contributed by atoms with van der Waals surface area (Å²) in [4.78, 5) is 35.3. The van der Waals surface area contributed by atoms with Gasteiger partial charge in [0.15, 0.2) is 5.82 Å². The molecule has 0 heterocycles. The van der Waals surface area contributed by atoms with Gasteiger partial charge in [-0.1, -0.05) is 36.4 Å². The van der Waals surface area contributed by atoms with E-state index < -0.39 is 70.8 Å². The van der Waals surface area contributed by atoms with E-state index in [4.69, 9.17) is 19.9 Å². The zero-order valence-electron chi connectivity index (χ0n) is 25.6. The van der Waals surface area contributed by atoms with Crippen molar-refractivity contribution in [3.8, 4) is 0 Å². The summed E-state index contributed by atoms with van der Waals surface area (Å²) in [7, 11) is 0. The molecule has 0 atom stereocenters. The fourth-order valence-corrected chi connectivity index (χ4v) is 3.71. The normalized spacial score (nSPS) is 11.2. The maximum atomic E-state index is 14.6. The Morgan fingerprint density at radius 3 is 1.61 bits per heavy atom. The van der Waals surface area contributed by atoms with Crippen LogP contribution in [-0.4, -0.2) is 29.1 Å². The summed E-state index contributed by atoms with van der Waals surface area (Å²) in [6.45, 7) is 10.1. The zero-order valence-corrected chi connectivity index (χ0v) is 25.6. The Hall–Kier alpha value is -4.41. The molecule has 0 bridgehead atoms. The van der Waals surface area contributed by atoms with Crippen molar-refractivity contribution in [1.29, 1.82) is 0 Å². The van der Waals surface area contributed by atoms with E-state index in [-0.39, 0.29) is 29.8 Å². The lowest BCUT2D eigenvalue weighted by molar-refractivity contribution is -0.155. The van der Waals surface area contributed by atoms with Gasteiger partial charge >= 0.3 is 17.9 Å². The molecular weight excluding hydrogens is 582 g/mol. The molecule has 0 aliphatic rings. The smallest absolute Gasteiger partial charge is 0.311 e. The van der Waals surface area contributed by atoms with Gasteiger partial charge in [-0.05, 0) is 70.9 Å². The fraction of sp³-hybridized carbons (Fsp3) is 0.364. The van der Waals surface area contributed by atoms with Gasteiger partial charge in [0.2, 0.25) is 0 Å². The molecule has 3 aromatic rings. The molecule has 0 amide bonds. The van der Waals surface area contributed by atoms with E-state index in [9.17, 15) is 31.9 Å². The molecule has 3 aromatic carbocycles. The maximum Gasteiger partial charge on any atom is 0.311 e. The molecule has 3 rings (SSSR count). The Bertz CT molecular complexity index is 1460. The molecule has 2 N–H and O–H groups in total. The standard InChI is InChI=1S/C21H22F2O4.C12H15F2NO2/c1-21(2,3)27-19(25)12-16-17(22)10-9-15(20(16)23)11-18(24)26-13-14-7-5-4-6-8-14;1-12(2,3)17-10(16)6-7-8(13)4-5-9(15)11(7)14/h4-10H,11-13H2,1-3H3;4-5H,6,15H2,1-3H3. The van der Waals surface area contributed by atoms with E-state index in [0.29, 0.717) is 0 Å². The monoisotopic (exact) mass is 619 g/mol. The molecule has 0 aliphatic heterocycles. The molecule has 0 saturated carbocycles. The van der Waals surface area contributed by atoms with Crippen molar-refractivity contribution in [2.45, 2.75) is 78.6 Å². The Kier molecular flexibility index (Phi) is 12.5. The van der Waals surface area contributed by atoms with Crippen LogP contribution in [0.15, 0.2) is 54.6 Å². The number of esters is 3. The summed E-state index contributed by atoms with van der Waals surface area (Å²) in [5, 5.41) is 0. The number of anilines is 1. The van der Waals surface area contributed by atoms with Crippen LogP contribution < -0.4 is 5.73 Å². The number of carbonyl (C=O) groups is 3. The van der Waals surface area contributed by atoms with E-state index in [1.165, 1.54) is 6.07 Å². The van der Waals surface area contributed by atoms with Crippen LogP contribution in [-0.2, 0) is 54.5 Å². The van der Waals surface area contributed by atoms with Crippen molar-refractivity contribution in [1.82, 2.24) is 0 Å². The third kappa shape index (κ3) is 12.1. The van der Waals surface area contributed by atoms with Crippen LogP contribution in [0.5, 0.6) is 0 Å². The van der Waals surface area contributed by atoms with Gasteiger partial charge in [-0.3, -0.25) is 14.4 Å². The lowest BCUT2D eigenvalue weighted by Gasteiger charge is -2.19. The fourth-order valence-electron chi connectivity index (χ4n) is 3.71. The minimum absolute atomic E-state index is 0.0342. The van der Waals surface area contributed by atoms with Crippen LogP contribution in [0.25, 0.3) is 0 Å². The van der Waals surface area contributed by atoms with Crippen molar-refractivity contribution in [3.05, 3.63) is 100 Å². The van der Waals surface area contributed by atoms with Crippen LogP contribution in [0.2, 0.25) is 0 Å². The van der Waals surface area contributed by atoms with E-state index in [0.717, 1.165) is 23.8 Å². The number of halogens is 4. The van der Waals surface area contributed by atoms with Gasteiger partial charge < -0.3 is 19.9 Å². The number of nitrogens with two attached hydrogens (primary N) is 1. The van der Waals surface area contributed by atoms with Gasteiger partial charge in [0, 0.05) is 11.1 Å². The summed E-state index contributed by atoms with van der Waals surface area (Å²) in [5.74, 6) is -5.59. The number of carbonyl (C=O) groups excluding carboxylic acids is 3. The number of benzene rings is 3. The first kappa shape index (κ1) is 35.8. The first-order chi connectivity index (χ1) is 20.4. The number of hydrogen-bond acceptors (Lipinski definition) is 7. The summed E-state index contributed by atoms with van der Waals surface area (Å²) >= 11 is 0. The first-order valence-electron chi connectivity index (χ1n) is 13.7. The Balaban J connectivity index is 0.000000342. The third-order valence-corrected chi connectivity index (χ3v) is 5.54. The minimum Gasteiger partial charge on any atom is -0.461 e. The average Bonchev–Trinajstić information content (AvgIpc) is 2.91. The molecule has 11 heteroatoms. The van der Waals surface area contributed by atoms with E-state index in [2.05, 4.69) is 0 Å². The second-order valence-electron chi connectivity index (χ2n) is 11.8. The molecule has 0 unspecified atom stereocenters. The Morgan fingerprint density at radius 1 is 0.636 bits per heavy atom. The minimum atomic E-state index is -0.933. The van der Waals surface area contributed by atoms with Gasteiger partial charge in [-0.15, -0.1) is 0 Å². The van der Waals surface area contributed by atoms with Crippen molar-refractivity contribution in [2.24, 2.45) is 0 Å². The van der Waals surface area contributed by atoms with Gasteiger partial charge in [0.05, 0.1) is 24.9 Å². The largest absolute Gasteiger partial charge is 0.461 e. The predicted octanol–water partition coefficient (Wildman–Crippen LogP) is 6.57. The quantitative estimate of drug-likeness (QED) is 0.132. The highest BCUT2D eigenvalue weighted by Crippen LogP contribution is 2.22. The molecular formula is C33H37F4NO6. The molecule has 0 saturated heterocycles. The first-order valence-corrected chi connectivity index (χ1v) is 13.7. The van der Waals surface area contributed by atoms with Crippen molar-refractivity contribution in [2.75, 3.05) is 5.73 Å². The zero-order chi connectivity index (χ0) is 33.2. The molecule has 44 heavy (non-hydrogen) atoms. The van der Waals surface area contributed by atoms with Gasteiger partial charge in [0.25, 0.3) is 0 Å². The average molecular weight is 620 g/mol. The van der Waals surface area contributed by atoms with E-state index in [1.54, 1.807) is 53.7 Å². The Morgan fingerprint density at radius 2 is 1.11 bits per heavy atom. The number of hydrogen-bond donors (Lipinski definition) is 1. The van der Waals surface area contributed by atoms with Crippen molar-refractivity contribution < 1.29 is 46.2 Å². The van der Waals surface area contributed by atoms with Gasteiger partial charge in [-0.25, -0.2) is 17.6 Å². The summed E-state index contributed by atoms with van der Waals surface area (Å²) in [6, 6.07) is 13.4. The summed E-state index contributed by atoms with van der Waals surface area (Å²) in [5.41, 5.74) is 3.64. The second-order valence-corrected chi connectivity index (χ2v) is 11.8. The maximum absolute atomic E-state index is 14.6. The topological polar surface area (TPSA) is 105 Å². The van der Waals surface area contributed by atoms with Crippen molar-refractivity contribution >= 4 is 23.6 Å². The molecule has 0 aromatic heterocycles. The molecule has 7 nitrogen and oxygen atoms in total. The molecule has 238 valence electrons. The van der Waals surface area contributed by atoms with Crippen LogP contribution in [0, 0.1) is 23.3 Å². The number of nitrogen functional groups attached to an aromatic ring is 1. The number of ether oxygens (including phenoxy) is 3. The highest BCUT2D eigenvalue weighted by atomic mass is 19.1. The molecule has 0 fully saturated rings. The van der Waals surface area contributed by atoms with E-state index >= 15 is 0 Å². The van der Waals surface area contributed by atoms with E-state index in [1.807, 2.05) is 18.2 Å². The lowest BCUT2D eigenvalue weighted by Crippen LogP contribution is -2.25. The number of rotatable bonds is 8. The predicted molar refractivity (Wildman–Crippen MR) is 156 cm³/mol.